The van der Waals surface area contributed by atoms with Crippen molar-refractivity contribution in [1.29, 1.82) is 0 Å². The molecule has 1 saturated carbocycles. The molecule has 20 heavy (non-hydrogen) atoms. The monoisotopic (exact) mass is 296 g/mol. The lowest BCUT2D eigenvalue weighted by Crippen LogP contribution is -2.35. The average Bonchev–Trinajstić information content (AvgIpc) is 2.77. The molecular weight excluding hydrogens is 272 g/mol. The summed E-state index contributed by atoms with van der Waals surface area (Å²) in [5.41, 5.74) is 2.07. The van der Waals surface area contributed by atoms with Gasteiger partial charge in [0.25, 0.3) is 0 Å². The van der Waals surface area contributed by atoms with Gasteiger partial charge in [0.05, 0.1) is 16.6 Å². The number of aryl methyl sites for hydroxylation is 2. The summed E-state index contributed by atoms with van der Waals surface area (Å²) in [6.07, 6.45) is 3.05. The number of hydrogen-bond acceptors (Lipinski definition) is 3. The van der Waals surface area contributed by atoms with E-state index in [-0.39, 0.29) is 5.75 Å². The SMILES string of the molecule is Cc1ccc(C(C)S(=O)(=O)CC2(O)CCCC2)cc1C. The van der Waals surface area contributed by atoms with Crippen LogP contribution in [-0.2, 0) is 9.84 Å². The molecular formula is C16H24O3S. The van der Waals surface area contributed by atoms with E-state index in [0.29, 0.717) is 12.8 Å². The van der Waals surface area contributed by atoms with Crippen LogP contribution in [0.1, 0.15) is 54.5 Å². The van der Waals surface area contributed by atoms with E-state index in [2.05, 4.69) is 0 Å². The third-order valence-corrected chi connectivity index (χ3v) is 6.83. The Morgan fingerprint density at radius 3 is 2.35 bits per heavy atom. The summed E-state index contributed by atoms with van der Waals surface area (Å²) in [6, 6.07) is 5.78. The van der Waals surface area contributed by atoms with E-state index >= 15 is 0 Å². The molecule has 1 unspecified atom stereocenters. The zero-order valence-corrected chi connectivity index (χ0v) is 13.3. The first kappa shape index (κ1) is 15.5. The van der Waals surface area contributed by atoms with Gasteiger partial charge in [-0.2, -0.15) is 0 Å². The quantitative estimate of drug-likeness (QED) is 0.929. The zero-order chi connectivity index (χ0) is 15.0. The summed E-state index contributed by atoms with van der Waals surface area (Å²) >= 11 is 0. The van der Waals surface area contributed by atoms with E-state index in [1.165, 1.54) is 0 Å². The predicted octanol–water partition coefficient (Wildman–Crippen LogP) is 3.08. The van der Waals surface area contributed by atoms with Gasteiger partial charge in [0.2, 0.25) is 0 Å². The Kier molecular flexibility index (Phi) is 4.26. The Labute approximate surface area is 121 Å². The van der Waals surface area contributed by atoms with E-state index in [1.807, 2.05) is 32.0 Å². The second-order valence-corrected chi connectivity index (χ2v) is 8.55. The Hall–Kier alpha value is -0.870. The maximum atomic E-state index is 12.5. The molecule has 0 spiro atoms. The van der Waals surface area contributed by atoms with Gasteiger partial charge >= 0.3 is 0 Å². The average molecular weight is 296 g/mol. The molecule has 0 aromatic heterocycles. The first-order valence-electron chi connectivity index (χ1n) is 7.25. The van der Waals surface area contributed by atoms with Crippen LogP contribution < -0.4 is 0 Å². The number of hydrogen-bond donors (Lipinski definition) is 1. The van der Waals surface area contributed by atoms with E-state index in [0.717, 1.165) is 29.5 Å². The van der Waals surface area contributed by atoms with Crippen LogP contribution in [0.5, 0.6) is 0 Å². The van der Waals surface area contributed by atoms with Crippen LogP contribution in [0.25, 0.3) is 0 Å². The van der Waals surface area contributed by atoms with Crippen LogP contribution in [0.15, 0.2) is 18.2 Å². The Balaban J connectivity index is 2.22. The number of aliphatic hydroxyl groups is 1. The van der Waals surface area contributed by atoms with Crippen LogP contribution in [0.3, 0.4) is 0 Å². The fraction of sp³-hybridized carbons (Fsp3) is 0.625. The molecule has 4 heteroatoms. The highest BCUT2D eigenvalue weighted by Crippen LogP contribution is 2.34. The van der Waals surface area contributed by atoms with Crippen molar-refractivity contribution in [3.05, 3.63) is 34.9 Å². The van der Waals surface area contributed by atoms with Crippen molar-refractivity contribution in [2.45, 2.75) is 57.3 Å². The van der Waals surface area contributed by atoms with Gasteiger partial charge in [-0.05, 0) is 50.3 Å². The zero-order valence-electron chi connectivity index (χ0n) is 12.5. The Morgan fingerprint density at radius 2 is 1.80 bits per heavy atom. The second-order valence-electron chi connectivity index (χ2n) is 6.22. The van der Waals surface area contributed by atoms with Crippen molar-refractivity contribution in [1.82, 2.24) is 0 Å². The maximum absolute atomic E-state index is 12.5. The van der Waals surface area contributed by atoms with Gasteiger partial charge in [0, 0.05) is 0 Å². The van der Waals surface area contributed by atoms with Crippen LogP contribution in [-0.4, -0.2) is 24.9 Å². The third-order valence-electron chi connectivity index (χ3n) is 4.54. The minimum atomic E-state index is -3.33. The Morgan fingerprint density at radius 1 is 1.20 bits per heavy atom. The van der Waals surface area contributed by atoms with Gasteiger partial charge in [-0.25, -0.2) is 8.42 Å². The number of benzene rings is 1. The maximum Gasteiger partial charge on any atom is 0.159 e. The van der Waals surface area contributed by atoms with Crippen molar-refractivity contribution < 1.29 is 13.5 Å². The number of sulfone groups is 1. The van der Waals surface area contributed by atoms with Gasteiger partial charge in [0.15, 0.2) is 9.84 Å². The lowest BCUT2D eigenvalue weighted by atomic mass is 10.0. The normalized spacial score (nSPS) is 20.0. The topological polar surface area (TPSA) is 54.4 Å². The largest absolute Gasteiger partial charge is 0.389 e. The summed E-state index contributed by atoms with van der Waals surface area (Å²) in [4.78, 5) is 0. The van der Waals surface area contributed by atoms with E-state index in [4.69, 9.17) is 0 Å². The fourth-order valence-electron chi connectivity index (χ4n) is 2.90. The molecule has 1 aromatic carbocycles. The molecule has 0 radical (unpaired) electrons. The van der Waals surface area contributed by atoms with E-state index < -0.39 is 20.7 Å². The van der Waals surface area contributed by atoms with Crippen molar-refractivity contribution >= 4 is 9.84 Å². The molecule has 1 fully saturated rings. The highest BCUT2D eigenvalue weighted by molar-refractivity contribution is 7.91. The molecule has 1 aliphatic carbocycles. The van der Waals surface area contributed by atoms with E-state index in [1.54, 1.807) is 6.92 Å². The summed E-state index contributed by atoms with van der Waals surface area (Å²) < 4.78 is 25.1. The fourth-order valence-corrected chi connectivity index (χ4v) is 4.75. The van der Waals surface area contributed by atoms with Crippen LogP contribution >= 0.6 is 0 Å². The summed E-state index contributed by atoms with van der Waals surface area (Å²) in [5, 5.41) is 9.78. The molecule has 1 aromatic rings. The molecule has 0 aliphatic heterocycles. The van der Waals surface area contributed by atoms with Crippen molar-refractivity contribution in [3.63, 3.8) is 0 Å². The van der Waals surface area contributed by atoms with Gasteiger partial charge in [-0.15, -0.1) is 0 Å². The highest BCUT2D eigenvalue weighted by Gasteiger charge is 2.38. The molecule has 3 nitrogen and oxygen atoms in total. The molecule has 2 rings (SSSR count). The molecule has 0 amide bonds. The lowest BCUT2D eigenvalue weighted by molar-refractivity contribution is 0.0712. The molecule has 0 heterocycles. The van der Waals surface area contributed by atoms with E-state index in [9.17, 15) is 13.5 Å². The minimum Gasteiger partial charge on any atom is -0.389 e. The predicted molar refractivity (Wildman–Crippen MR) is 81.5 cm³/mol. The lowest BCUT2D eigenvalue weighted by Gasteiger charge is -2.24. The molecule has 1 atom stereocenters. The molecule has 0 bridgehead atoms. The molecule has 112 valence electrons. The third kappa shape index (κ3) is 3.23. The summed E-state index contributed by atoms with van der Waals surface area (Å²) in [5.74, 6) is -0.117. The van der Waals surface area contributed by atoms with Gasteiger partial charge in [0.1, 0.15) is 0 Å². The van der Waals surface area contributed by atoms with Crippen LogP contribution in [0, 0.1) is 13.8 Å². The van der Waals surface area contributed by atoms with Crippen LogP contribution in [0.4, 0.5) is 0 Å². The van der Waals surface area contributed by atoms with Crippen LogP contribution in [0.2, 0.25) is 0 Å². The minimum absolute atomic E-state index is 0.117. The van der Waals surface area contributed by atoms with Gasteiger partial charge in [-0.3, -0.25) is 0 Å². The van der Waals surface area contributed by atoms with Crippen molar-refractivity contribution in [2.75, 3.05) is 5.75 Å². The molecule has 0 saturated heterocycles. The first-order chi connectivity index (χ1) is 9.23. The summed E-state index contributed by atoms with van der Waals surface area (Å²) in [7, 11) is -3.33. The second kappa shape index (κ2) is 5.49. The molecule has 1 N–H and O–H groups in total. The smallest absolute Gasteiger partial charge is 0.159 e. The molecule has 1 aliphatic rings. The standard InChI is InChI=1S/C16H24O3S/c1-12-6-7-15(10-13(12)2)14(3)20(18,19)11-16(17)8-4-5-9-16/h6-7,10,14,17H,4-5,8-9,11H2,1-3H3. The number of rotatable bonds is 4. The summed E-state index contributed by atoms with van der Waals surface area (Å²) in [6.45, 7) is 5.72. The van der Waals surface area contributed by atoms with Gasteiger partial charge < -0.3 is 5.11 Å². The highest BCUT2D eigenvalue weighted by atomic mass is 32.2. The van der Waals surface area contributed by atoms with Crippen molar-refractivity contribution in [2.24, 2.45) is 0 Å². The van der Waals surface area contributed by atoms with Crippen molar-refractivity contribution in [3.8, 4) is 0 Å². The first-order valence-corrected chi connectivity index (χ1v) is 8.96. The van der Waals surface area contributed by atoms with Gasteiger partial charge in [-0.1, -0.05) is 31.0 Å². The Bertz CT molecular complexity index is 584.